The first-order chi connectivity index (χ1) is 12.6. The Kier molecular flexibility index (Phi) is 7.10. The van der Waals surface area contributed by atoms with Gasteiger partial charge in [-0.15, -0.1) is 0 Å². The zero-order valence-electron chi connectivity index (χ0n) is 15.8. The maximum atomic E-state index is 13.0. The van der Waals surface area contributed by atoms with Crippen LogP contribution < -0.4 is 5.32 Å². The molecular weight excluding hydrogens is 367 g/mol. The van der Waals surface area contributed by atoms with Crippen LogP contribution in [0.2, 0.25) is 0 Å². The fraction of sp³-hybridized carbons (Fsp3) is 0.350. The number of anilines is 1. The van der Waals surface area contributed by atoms with Crippen LogP contribution >= 0.6 is 0 Å². The molecule has 1 amide bonds. The summed E-state index contributed by atoms with van der Waals surface area (Å²) >= 11 is 0. The number of nitrogens with zero attached hydrogens (tertiary/aromatic N) is 1. The Hall–Kier alpha value is -2.25. The van der Waals surface area contributed by atoms with Gasteiger partial charge < -0.3 is 5.32 Å². The molecule has 27 heavy (non-hydrogen) atoms. The molecule has 0 aromatic heterocycles. The molecule has 5 nitrogen and oxygen atoms in total. The molecule has 0 heterocycles. The van der Waals surface area contributed by atoms with Crippen molar-refractivity contribution in [3.63, 3.8) is 0 Å². The van der Waals surface area contributed by atoms with Gasteiger partial charge in [0.05, 0.1) is 6.26 Å². The third-order valence-corrected chi connectivity index (χ3v) is 5.59. The van der Waals surface area contributed by atoms with Gasteiger partial charge in [-0.1, -0.05) is 24.3 Å². The molecule has 0 aliphatic carbocycles. The van der Waals surface area contributed by atoms with Gasteiger partial charge in [0.25, 0.3) is 0 Å². The number of carbonyl (C=O) groups is 1. The minimum Gasteiger partial charge on any atom is -0.326 e. The minimum atomic E-state index is -3.45. The zero-order valence-corrected chi connectivity index (χ0v) is 16.6. The molecule has 0 saturated heterocycles. The first kappa shape index (κ1) is 21.1. The molecule has 0 saturated carbocycles. The molecule has 7 heteroatoms. The van der Waals surface area contributed by atoms with Crippen molar-refractivity contribution in [3.8, 4) is 0 Å². The highest BCUT2D eigenvalue weighted by Gasteiger charge is 2.18. The highest BCUT2D eigenvalue weighted by atomic mass is 32.2. The summed E-state index contributed by atoms with van der Waals surface area (Å²) < 4.78 is 38.3. The average molecular weight is 392 g/mol. The smallest absolute Gasteiger partial charge is 0.225 e. The fourth-order valence-corrected chi connectivity index (χ4v) is 3.50. The molecule has 2 aromatic carbocycles. The number of aryl methyl sites for hydroxylation is 2. The fourth-order valence-electron chi connectivity index (χ4n) is 2.66. The highest BCUT2D eigenvalue weighted by Crippen LogP contribution is 2.16. The van der Waals surface area contributed by atoms with Crippen molar-refractivity contribution in [1.29, 1.82) is 0 Å². The number of sulfonamides is 1. The Balaban J connectivity index is 1.94. The quantitative estimate of drug-likeness (QED) is 0.750. The van der Waals surface area contributed by atoms with E-state index >= 15 is 0 Å². The molecule has 2 aromatic rings. The summed E-state index contributed by atoms with van der Waals surface area (Å²) in [5, 5.41) is 2.84. The minimum absolute atomic E-state index is 0.0594. The Bertz CT molecular complexity index is 896. The van der Waals surface area contributed by atoms with Crippen molar-refractivity contribution in [1.82, 2.24) is 4.31 Å². The molecule has 0 bridgehead atoms. The molecule has 1 N–H and O–H groups in total. The Morgan fingerprint density at radius 1 is 1.07 bits per heavy atom. The van der Waals surface area contributed by atoms with Crippen LogP contribution in [0, 0.1) is 19.7 Å². The van der Waals surface area contributed by atoms with Crippen molar-refractivity contribution in [2.75, 3.05) is 24.7 Å². The van der Waals surface area contributed by atoms with Gasteiger partial charge in [-0.25, -0.2) is 17.1 Å². The number of amides is 1. The van der Waals surface area contributed by atoms with E-state index in [1.165, 1.54) is 16.4 Å². The van der Waals surface area contributed by atoms with Gasteiger partial charge in [0.15, 0.2) is 0 Å². The number of hydrogen-bond acceptors (Lipinski definition) is 3. The molecular formula is C20H25FN2O3S. The number of carbonyl (C=O) groups excluding carboxylic acids is 1. The highest BCUT2D eigenvalue weighted by molar-refractivity contribution is 7.88. The van der Waals surface area contributed by atoms with Crippen LogP contribution in [0.15, 0.2) is 42.5 Å². The lowest BCUT2D eigenvalue weighted by Crippen LogP contribution is -2.34. The number of halogens is 1. The molecule has 0 atom stereocenters. The summed E-state index contributed by atoms with van der Waals surface area (Å²) in [6.07, 6.45) is 1.64. The van der Waals surface area contributed by atoms with E-state index in [1.54, 1.807) is 12.1 Å². The van der Waals surface area contributed by atoms with E-state index in [-0.39, 0.29) is 31.2 Å². The monoisotopic (exact) mass is 392 g/mol. The standard InChI is InChI=1S/C20H25FN2O3S/c1-15-4-5-16(2)19(14-15)22-20(24)11-13-23(27(3,25)26)12-10-17-6-8-18(21)9-7-17/h4-9,14H,10-13H2,1-3H3,(H,22,24). The lowest BCUT2D eigenvalue weighted by Gasteiger charge is -2.20. The van der Waals surface area contributed by atoms with Gasteiger partial charge in [-0.05, 0) is 55.2 Å². The number of nitrogens with one attached hydrogen (secondary N) is 1. The van der Waals surface area contributed by atoms with Crippen LogP contribution in [0.25, 0.3) is 0 Å². The first-order valence-corrected chi connectivity index (χ1v) is 10.6. The maximum Gasteiger partial charge on any atom is 0.225 e. The van der Waals surface area contributed by atoms with Crippen molar-refractivity contribution < 1.29 is 17.6 Å². The zero-order chi connectivity index (χ0) is 20.0. The molecule has 0 radical (unpaired) electrons. The first-order valence-electron chi connectivity index (χ1n) is 8.72. The van der Waals surface area contributed by atoms with Gasteiger partial charge in [0.2, 0.25) is 15.9 Å². The van der Waals surface area contributed by atoms with E-state index in [0.717, 1.165) is 28.6 Å². The van der Waals surface area contributed by atoms with E-state index in [2.05, 4.69) is 5.32 Å². The van der Waals surface area contributed by atoms with Crippen LogP contribution in [0.5, 0.6) is 0 Å². The molecule has 0 fully saturated rings. The molecule has 0 aliphatic heterocycles. The summed E-state index contributed by atoms with van der Waals surface area (Å²) in [5.74, 6) is -0.569. The van der Waals surface area contributed by atoms with Crippen LogP contribution in [0.3, 0.4) is 0 Å². The molecule has 146 valence electrons. The summed E-state index contributed by atoms with van der Waals surface area (Å²) in [7, 11) is -3.45. The maximum absolute atomic E-state index is 13.0. The molecule has 0 unspecified atom stereocenters. The van der Waals surface area contributed by atoms with Crippen LogP contribution in [-0.2, 0) is 21.2 Å². The van der Waals surface area contributed by atoms with Gasteiger partial charge in [0.1, 0.15) is 5.82 Å². The third kappa shape index (κ3) is 6.77. The normalized spacial score (nSPS) is 11.6. The van der Waals surface area contributed by atoms with Gasteiger partial charge in [-0.3, -0.25) is 4.79 Å². The second-order valence-corrected chi connectivity index (χ2v) is 8.64. The average Bonchev–Trinajstić information content (AvgIpc) is 2.58. The summed E-state index contributed by atoms with van der Waals surface area (Å²) in [6.45, 7) is 4.18. The van der Waals surface area contributed by atoms with Crippen LogP contribution in [0.4, 0.5) is 10.1 Å². The van der Waals surface area contributed by atoms with Crippen LogP contribution in [-0.4, -0.2) is 38.0 Å². The summed E-state index contributed by atoms with van der Waals surface area (Å²) in [6, 6.07) is 11.7. The number of benzene rings is 2. The lowest BCUT2D eigenvalue weighted by molar-refractivity contribution is -0.116. The summed E-state index contributed by atoms with van der Waals surface area (Å²) in [4.78, 5) is 12.2. The SMILES string of the molecule is Cc1ccc(C)c(NC(=O)CCN(CCc2ccc(F)cc2)S(C)(=O)=O)c1. The van der Waals surface area contributed by atoms with Crippen LogP contribution in [0.1, 0.15) is 23.1 Å². The number of rotatable bonds is 8. The Morgan fingerprint density at radius 2 is 1.74 bits per heavy atom. The van der Waals surface area contributed by atoms with Gasteiger partial charge in [0, 0.05) is 25.2 Å². The lowest BCUT2D eigenvalue weighted by atomic mass is 10.1. The van der Waals surface area contributed by atoms with Crippen molar-refractivity contribution in [2.45, 2.75) is 26.7 Å². The predicted octanol–water partition coefficient (Wildman–Crippen LogP) is 3.28. The Labute approximate surface area is 160 Å². The summed E-state index contributed by atoms with van der Waals surface area (Å²) in [5.41, 5.74) is 3.56. The van der Waals surface area contributed by atoms with Crippen molar-refractivity contribution in [2.24, 2.45) is 0 Å². The number of hydrogen-bond donors (Lipinski definition) is 1. The second-order valence-electron chi connectivity index (χ2n) is 6.66. The van der Waals surface area contributed by atoms with Gasteiger partial charge in [-0.2, -0.15) is 0 Å². The van der Waals surface area contributed by atoms with E-state index in [4.69, 9.17) is 0 Å². The van der Waals surface area contributed by atoms with Gasteiger partial charge >= 0.3 is 0 Å². The van der Waals surface area contributed by atoms with E-state index in [9.17, 15) is 17.6 Å². The van der Waals surface area contributed by atoms with E-state index in [1.807, 2.05) is 32.0 Å². The predicted molar refractivity (Wildman–Crippen MR) is 106 cm³/mol. The topological polar surface area (TPSA) is 66.5 Å². The molecule has 0 spiro atoms. The van der Waals surface area contributed by atoms with Crippen molar-refractivity contribution in [3.05, 3.63) is 65.0 Å². The molecule has 2 rings (SSSR count). The largest absolute Gasteiger partial charge is 0.326 e. The molecule has 0 aliphatic rings. The Morgan fingerprint density at radius 3 is 2.37 bits per heavy atom. The van der Waals surface area contributed by atoms with E-state index < -0.39 is 10.0 Å². The van der Waals surface area contributed by atoms with E-state index in [0.29, 0.717) is 6.42 Å². The van der Waals surface area contributed by atoms with Crippen molar-refractivity contribution >= 4 is 21.6 Å². The third-order valence-electron chi connectivity index (χ3n) is 4.29. The second kappa shape index (κ2) is 9.10.